The fourth-order valence-corrected chi connectivity index (χ4v) is 2.04. The van der Waals surface area contributed by atoms with Gasteiger partial charge in [0.1, 0.15) is 5.75 Å². The number of ether oxygens (including phenoxy) is 1. The average Bonchev–Trinajstić information content (AvgIpc) is 2.28. The van der Waals surface area contributed by atoms with E-state index in [-0.39, 0.29) is 12.3 Å². The maximum atomic E-state index is 10.8. The first-order valence-corrected chi connectivity index (χ1v) is 5.94. The number of rotatable bonds is 6. The van der Waals surface area contributed by atoms with Crippen molar-refractivity contribution in [2.75, 3.05) is 7.11 Å². The van der Waals surface area contributed by atoms with Gasteiger partial charge in [0.15, 0.2) is 0 Å². The van der Waals surface area contributed by atoms with Crippen molar-refractivity contribution in [2.24, 2.45) is 0 Å². The van der Waals surface area contributed by atoms with Crippen molar-refractivity contribution in [3.8, 4) is 5.75 Å². The van der Waals surface area contributed by atoms with Gasteiger partial charge in [-0.2, -0.15) is 0 Å². The number of hydrogen-bond acceptors (Lipinski definition) is 2. The molecule has 0 aliphatic rings. The molecule has 0 fully saturated rings. The van der Waals surface area contributed by atoms with Gasteiger partial charge in [0.05, 0.1) is 13.5 Å². The largest absolute Gasteiger partial charge is 0.496 e. The van der Waals surface area contributed by atoms with Crippen LogP contribution in [0, 0.1) is 6.92 Å². The zero-order chi connectivity index (χ0) is 12.8. The van der Waals surface area contributed by atoms with Crippen molar-refractivity contribution in [2.45, 2.75) is 39.0 Å². The molecule has 0 aliphatic carbocycles. The van der Waals surface area contributed by atoms with Crippen molar-refractivity contribution >= 4 is 5.97 Å². The molecule has 0 bridgehead atoms. The molecule has 94 valence electrons. The van der Waals surface area contributed by atoms with Crippen LogP contribution in [0.5, 0.6) is 5.75 Å². The lowest BCUT2D eigenvalue weighted by molar-refractivity contribution is -0.137. The fourth-order valence-electron chi connectivity index (χ4n) is 2.04. The normalized spacial score (nSPS) is 12.2. The van der Waals surface area contributed by atoms with E-state index in [2.05, 4.69) is 6.92 Å². The van der Waals surface area contributed by atoms with E-state index in [4.69, 9.17) is 9.84 Å². The molecule has 0 radical (unpaired) electrons. The second-order valence-electron chi connectivity index (χ2n) is 4.31. The molecule has 0 heterocycles. The van der Waals surface area contributed by atoms with Crippen molar-refractivity contribution in [3.05, 3.63) is 29.3 Å². The number of aryl methyl sites for hydroxylation is 1. The van der Waals surface area contributed by atoms with Gasteiger partial charge < -0.3 is 9.84 Å². The van der Waals surface area contributed by atoms with E-state index in [9.17, 15) is 4.79 Å². The Kier molecular flexibility index (Phi) is 5.01. The predicted octanol–water partition coefficient (Wildman–Crippen LogP) is 3.36. The van der Waals surface area contributed by atoms with Gasteiger partial charge in [-0.25, -0.2) is 0 Å². The van der Waals surface area contributed by atoms with E-state index in [0.29, 0.717) is 0 Å². The van der Waals surface area contributed by atoms with Gasteiger partial charge in [-0.15, -0.1) is 0 Å². The highest BCUT2D eigenvalue weighted by Crippen LogP contribution is 2.29. The van der Waals surface area contributed by atoms with Gasteiger partial charge >= 0.3 is 5.97 Å². The standard InChI is InChI=1S/C14H20O3/c1-4-5-11(9-14(15)16)12-7-6-10(2)13(8-12)17-3/h6-8,11H,4-5,9H2,1-3H3,(H,15,16)/t11-/m1/s1. The third-order valence-electron chi connectivity index (χ3n) is 2.96. The second-order valence-corrected chi connectivity index (χ2v) is 4.31. The molecular weight excluding hydrogens is 216 g/mol. The van der Waals surface area contributed by atoms with Crippen LogP contribution < -0.4 is 4.74 Å². The lowest BCUT2D eigenvalue weighted by atomic mass is 9.90. The van der Waals surface area contributed by atoms with Gasteiger partial charge in [-0.3, -0.25) is 4.79 Å². The number of methoxy groups -OCH3 is 1. The molecule has 1 atom stereocenters. The van der Waals surface area contributed by atoms with Crippen LogP contribution in [-0.2, 0) is 4.79 Å². The SMILES string of the molecule is CCC[C@H](CC(=O)O)c1ccc(C)c(OC)c1. The van der Waals surface area contributed by atoms with Gasteiger partial charge in [0.25, 0.3) is 0 Å². The zero-order valence-electron chi connectivity index (χ0n) is 10.7. The summed E-state index contributed by atoms with van der Waals surface area (Å²) in [7, 11) is 1.64. The molecule has 1 aromatic carbocycles. The summed E-state index contributed by atoms with van der Waals surface area (Å²) in [6.45, 7) is 4.05. The molecular formula is C14H20O3. The maximum Gasteiger partial charge on any atom is 0.303 e. The molecule has 0 amide bonds. The number of carboxylic acids is 1. The Labute approximate surface area is 102 Å². The Hall–Kier alpha value is -1.51. The van der Waals surface area contributed by atoms with E-state index in [1.54, 1.807) is 7.11 Å². The van der Waals surface area contributed by atoms with Gasteiger partial charge in [-0.05, 0) is 36.5 Å². The highest BCUT2D eigenvalue weighted by molar-refractivity contribution is 5.68. The molecule has 3 heteroatoms. The highest BCUT2D eigenvalue weighted by atomic mass is 16.5. The first-order valence-electron chi connectivity index (χ1n) is 5.94. The van der Waals surface area contributed by atoms with Gasteiger partial charge in [0, 0.05) is 0 Å². The molecule has 1 N–H and O–H groups in total. The van der Waals surface area contributed by atoms with E-state index in [0.717, 1.165) is 29.7 Å². The molecule has 3 nitrogen and oxygen atoms in total. The minimum absolute atomic E-state index is 0.0759. The summed E-state index contributed by atoms with van der Waals surface area (Å²) < 4.78 is 5.27. The monoisotopic (exact) mass is 236 g/mol. The van der Waals surface area contributed by atoms with Crippen molar-refractivity contribution in [1.29, 1.82) is 0 Å². The van der Waals surface area contributed by atoms with Crippen LogP contribution in [0.2, 0.25) is 0 Å². The lowest BCUT2D eigenvalue weighted by Crippen LogP contribution is -2.06. The number of benzene rings is 1. The third-order valence-corrected chi connectivity index (χ3v) is 2.96. The van der Waals surface area contributed by atoms with E-state index in [1.165, 1.54) is 0 Å². The van der Waals surface area contributed by atoms with Crippen LogP contribution in [0.1, 0.15) is 43.2 Å². The van der Waals surface area contributed by atoms with Crippen molar-refractivity contribution < 1.29 is 14.6 Å². The first-order chi connectivity index (χ1) is 8.08. The van der Waals surface area contributed by atoms with Crippen LogP contribution in [0.25, 0.3) is 0 Å². The Morgan fingerprint density at radius 2 is 2.18 bits per heavy atom. The van der Waals surface area contributed by atoms with Crippen LogP contribution >= 0.6 is 0 Å². The summed E-state index contributed by atoms with van der Waals surface area (Å²) in [6, 6.07) is 5.94. The second kappa shape index (κ2) is 6.28. The van der Waals surface area contributed by atoms with E-state index >= 15 is 0 Å². The first kappa shape index (κ1) is 13.6. The Balaban J connectivity index is 2.96. The van der Waals surface area contributed by atoms with Crippen LogP contribution in [0.4, 0.5) is 0 Å². The minimum atomic E-state index is -0.747. The quantitative estimate of drug-likeness (QED) is 0.823. The number of aliphatic carboxylic acids is 1. The number of carboxylic acid groups (broad SMARTS) is 1. The van der Waals surface area contributed by atoms with E-state index in [1.807, 2.05) is 25.1 Å². The van der Waals surface area contributed by atoms with Crippen LogP contribution in [0.15, 0.2) is 18.2 Å². The molecule has 1 aromatic rings. The molecule has 0 aromatic heterocycles. The molecule has 0 saturated carbocycles. The summed E-state index contributed by atoms with van der Waals surface area (Å²) in [5.41, 5.74) is 2.12. The summed E-state index contributed by atoms with van der Waals surface area (Å²) >= 11 is 0. The molecule has 0 spiro atoms. The number of carbonyl (C=O) groups is 1. The van der Waals surface area contributed by atoms with Crippen molar-refractivity contribution in [3.63, 3.8) is 0 Å². The van der Waals surface area contributed by atoms with Gasteiger partial charge in [-0.1, -0.05) is 25.5 Å². The van der Waals surface area contributed by atoms with Crippen molar-refractivity contribution in [1.82, 2.24) is 0 Å². The minimum Gasteiger partial charge on any atom is -0.496 e. The summed E-state index contributed by atoms with van der Waals surface area (Å²) in [6.07, 6.45) is 2.05. The third kappa shape index (κ3) is 3.77. The zero-order valence-corrected chi connectivity index (χ0v) is 10.7. The molecule has 0 aliphatic heterocycles. The smallest absolute Gasteiger partial charge is 0.303 e. The number of hydrogen-bond donors (Lipinski definition) is 1. The van der Waals surface area contributed by atoms with E-state index < -0.39 is 5.97 Å². The average molecular weight is 236 g/mol. The topological polar surface area (TPSA) is 46.5 Å². The Morgan fingerprint density at radius 3 is 2.71 bits per heavy atom. The highest BCUT2D eigenvalue weighted by Gasteiger charge is 2.15. The molecule has 0 unspecified atom stereocenters. The van der Waals surface area contributed by atoms with Crippen LogP contribution in [0.3, 0.4) is 0 Å². The summed E-state index contributed by atoms with van der Waals surface area (Å²) in [4.78, 5) is 10.8. The lowest BCUT2D eigenvalue weighted by Gasteiger charge is -2.16. The molecule has 0 saturated heterocycles. The summed E-state index contributed by atoms with van der Waals surface area (Å²) in [5, 5.41) is 8.92. The Bertz CT molecular complexity index is 385. The maximum absolute atomic E-state index is 10.8. The molecule has 17 heavy (non-hydrogen) atoms. The fraction of sp³-hybridized carbons (Fsp3) is 0.500. The van der Waals surface area contributed by atoms with Gasteiger partial charge in [0.2, 0.25) is 0 Å². The van der Waals surface area contributed by atoms with Crippen LogP contribution in [-0.4, -0.2) is 18.2 Å². The molecule has 1 rings (SSSR count). The Morgan fingerprint density at radius 1 is 1.47 bits per heavy atom. The predicted molar refractivity (Wildman–Crippen MR) is 67.6 cm³/mol. The summed E-state index contributed by atoms with van der Waals surface area (Å²) in [5.74, 6) is 0.156.